The number of ether oxygens (including phenoxy) is 2. The van der Waals surface area contributed by atoms with Gasteiger partial charge in [-0.25, -0.2) is 0 Å². The molecular formula is C24H34IN5O3. The minimum Gasteiger partial charge on any atom is -0.497 e. The Balaban J connectivity index is 0.00000385. The molecule has 1 aliphatic rings. The van der Waals surface area contributed by atoms with Gasteiger partial charge in [0.25, 0.3) is 5.91 Å². The molecule has 1 atom stereocenters. The molecule has 9 heteroatoms. The van der Waals surface area contributed by atoms with Crippen molar-refractivity contribution in [2.75, 3.05) is 41.4 Å². The van der Waals surface area contributed by atoms with Crippen LogP contribution in [0, 0.1) is 0 Å². The summed E-state index contributed by atoms with van der Waals surface area (Å²) in [4.78, 5) is 18.6. The lowest BCUT2D eigenvalue weighted by Gasteiger charge is -2.19. The Morgan fingerprint density at radius 3 is 2.48 bits per heavy atom. The van der Waals surface area contributed by atoms with Gasteiger partial charge in [0, 0.05) is 57.9 Å². The highest BCUT2D eigenvalue weighted by Gasteiger charge is 2.23. The molecule has 33 heavy (non-hydrogen) atoms. The Morgan fingerprint density at radius 1 is 1.12 bits per heavy atom. The first-order valence-electron chi connectivity index (χ1n) is 10.8. The summed E-state index contributed by atoms with van der Waals surface area (Å²) in [6.07, 6.45) is 1.04. The quantitative estimate of drug-likeness (QED) is 0.259. The molecule has 2 aromatic carbocycles. The molecular weight excluding hydrogens is 533 g/mol. The van der Waals surface area contributed by atoms with Crippen molar-refractivity contribution < 1.29 is 14.3 Å². The van der Waals surface area contributed by atoms with Crippen molar-refractivity contribution in [3.05, 3.63) is 59.2 Å². The van der Waals surface area contributed by atoms with Crippen molar-refractivity contribution in [1.82, 2.24) is 20.9 Å². The minimum atomic E-state index is -0.0888. The summed E-state index contributed by atoms with van der Waals surface area (Å²) in [6.45, 7) is 3.35. The van der Waals surface area contributed by atoms with Crippen LogP contribution in [0.2, 0.25) is 0 Å². The van der Waals surface area contributed by atoms with Gasteiger partial charge in [-0.1, -0.05) is 12.1 Å². The zero-order valence-electron chi connectivity index (χ0n) is 19.7. The predicted octanol–water partition coefficient (Wildman–Crippen LogP) is 2.62. The van der Waals surface area contributed by atoms with E-state index >= 15 is 0 Å². The topological polar surface area (TPSA) is 87.2 Å². The number of hydrogen-bond donors (Lipinski definition) is 3. The van der Waals surface area contributed by atoms with Crippen molar-refractivity contribution in [2.24, 2.45) is 4.99 Å². The van der Waals surface area contributed by atoms with Gasteiger partial charge in [0.1, 0.15) is 11.5 Å². The number of carbonyl (C=O) groups excluding carboxylic acids is 1. The fourth-order valence-electron chi connectivity index (χ4n) is 3.85. The standard InChI is InChI=1S/C24H33N5O3.HI/c1-25-23(30)19-7-5-6-17(10-19)14-27-24(26-2)28-20-8-9-29(16-20)15-18-11-21(31-3)13-22(12-18)32-4;/h5-7,10-13,20H,8-9,14-16H2,1-4H3,(H,25,30)(H2,26,27,28);1H. The molecule has 8 nitrogen and oxygen atoms in total. The highest BCUT2D eigenvalue weighted by molar-refractivity contribution is 14.0. The minimum absolute atomic E-state index is 0. The first-order chi connectivity index (χ1) is 15.5. The molecule has 0 bridgehead atoms. The van der Waals surface area contributed by atoms with Gasteiger partial charge in [-0.15, -0.1) is 24.0 Å². The van der Waals surface area contributed by atoms with Crippen LogP contribution in [0.3, 0.4) is 0 Å². The lowest BCUT2D eigenvalue weighted by molar-refractivity contribution is 0.0963. The van der Waals surface area contributed by atoms with Gasteiger partial charge in [0.2, 0.25) is 0 Å². The second-order valence-electron chi connectivity index (χ2n) is 7.79. The van der Waals surface area contributed by atoms with E-state index in [9.17, 15) is 4.79 Å². The van der Waals surface area contributed by atoms with Gasteiger partial charge >= 0.3 is 0 Å². The van der Waals surface area contributed by atoms with Crippen LogP contribution >= 0.6 is 24.0 Å². The fraction of sp³-hybridized carbons (Fsp3) is 0.417. The summed E-state index contributed by atoms with van der Waals surface area (Å²) >= 11 is 0. The number of halogens is 1. The number of carbonyl (C=O) groups is 1. The van der Waals surface area contributed by atoms with Gasteiger partial charge in [-0.2, -0.15) is 0 Å². The number of rotatable bonds is 8. The average Bonchev–Trinajstić information content (AvgIpc) is 3.27. The number of aliphatic imine (C=N–C) groups is 1. The maximum atomic E-state index is 11.8. The Labute approximate surface area is 213 Å². The lowest BCUT2D eigenvalue weighted by atomic mass is 10.1. The molecule has 2 aromatic rings. The molecule has 0 radical (unpaired) electrons. The van der Waals surface area contributed by atoms with Crippen molar-refractivity contribution in [3.63, 3.8) is 0 Å². The summed E-state index contributed by atoms with van der Waals surface area (Å²) in [7, 11) is 6.74. The molecule has 1 aliphatic heterocycles. The van der Waals surface area contributed by atoms with E-state index in [0.717, 1.165) is 49.1 Å². The average molecular weight is 567 g/mol. The third kappa shape index (κ3) is 7.78. The van der Waals surface area contributed by atoms with Crippen molar-refractivity contribution in [1.29, 1.82) is 0 Å². The molecule has 1 fully saturated rings. The van der Waals surface area contributed by atoms with Crippen molar-refractivity contribution in [3.8, 4) is 11.5 Å². The Kier molecular flexibility index (Phi) is 10.7. The molecule has 3 rings (SSSR count). The van der Waals surface area contributed by atoms with Gasteiger partial charge < -0.3 is 25.4 Å². The van der Waals surface area contributed by atoms with E-state index in [1.54, 1.807) is 34.4 Å². The number of hydrogen-bond acceptors (Lipinski definition) is 5. The normalized spacial score (nSPS) is 16.0. The number of methoxy groups -OCH3 is 2. The Morgan fingerprint density at radius 2 is 1.85 bits per heavy atom. The fourth-order valence-corrected chi connectivity index (χ4v) is 3.85. The summed E-state index contributed by atoms with van der Waals surface area (Å²) in [5.74, 6) is 2.27. The van der Waals surface area contributed by atoms with Crippen LogP contribution < -0.4 is 25.4 Å². The molecule has 0 aliphatic carbocycles. The van der Waals surface area contributed by atoms with E-state index in [4.69, 9.17) is 9.47 Å². The van der Waals surface area contributed by atoms with Gasteiger partial charge in [-0.3, -0.25) is 14.7 Å². The molecule has 0 spiro atoms. The summed E-state index contributed by atoms with van der Waals surface area (Å²) in [6, 6.07) is 13.9. The zero-order valence-corrected chi connectivity index (χ0v) is 22.0. The molecule has 1 unspecified atom stereocenters. The lowest BCUT2D eigenvalue weighted by Crippen LogP contribution is -2.44. The highest BCUT2D eigenvalue weighted by Crippen LogP contribution is 2.24. The number of amides is 1. The SMILES string of the molecule is CN=C(NCc1cccc(C(=O)NC)c1)NC1CCN(Cc2cc(OC)cc(OC)c2)C1.I. The van der Waals surface area contributed by atoms with Crippen molar-refractivity contribution in [2.45, 2.75) is 25.6 Å². The number of nitrogens with one attached hydrogen (secondary N) is 3. The number of benzene rings is 2. The summed E-state index contributed by atoms with van der Waals surface area (Å²) < 4.78 is 10.8. The van der Waals surface area contributed by atoms with Crippen LogP contribution in [-0.4, -0.2) is 64.2 Å². The van der Waals surface area contributed by atoms with E-state index in [1.807, 2.05) is 24.3 Å². The maximum Gasteiger partial charge on any atom is 0.251 e. The van der Waals surface area contributed by atoms with Crippen LogP contribution in [0.5, 0.6) is 11.5 Å². The molecule has 0 saturated carbocycles. The zero-order chi connectivity index (χ0) is 22.9. The first-order valence-corrected chi connectivity index (χ1v) is 10.8. The summed E-state index contributed by atoms with van der Waals surface area (Å²) in [5.41, 5.74) is 2.84. The number of nitrogens with zero attached hydrogens (tertiary/aromatic N) is 2. The van der Waals surface area contributed by atoms with Crippen LogP contribution in [0.1, 0.15) is 27.9 Å². The predicted molar refractivity (Wildman–Crippen MR) is 142 cm³/mol. The van der Waals surface area contributed by atoms with Gasteiger partial charge in [0.05, 0.1) is 14.2 Å². The van der Waals surface area contributed by atoms with Crippen molar-refractivity contribution >= 4 is 35.8 Å². The second kappa shape index (κ2) is 13.2. The van der Waals surface area contributed by atoms with E-state index in [1.165, 1.54) is 5.56 Å². The number of likely N-dealkylation sites (tertiary alicyclic amines) is 1. The van der Waals surface area contributed by atoms with E-state index in [-0.39, 0.29) is 29.9 Å². The highest BCUT2D eigenvalue weighted by atomic mass is 127. The Bertz CT molecular complexity index is 931. The van der Waals surface area contributed by atoms with Crippen LogP contribution in [-0.2, 0) is 13.1 Å². The maximum absolute atomic E-state index is 11.8. The largest absolute Gasteiger partial charge is 0.497 e. The molecule has 180 valence electrons. The second-order valence-corrected chi connectivity index (χ2v) is 7.79. The third-order valence-electron chi connectivity index (χ3n) is 5.53. The van der Waals surface area contributed by atoms with Crippen LogP contribution in [0.4, 0.5) is 0 Å². The van der Waals surface area contributed by atoms with E-state index < -0.39 is 0 Å². The molecule has 1 saturated heterocycles. The number of guanidine groups is 1. The Hall–Kier alpha value is -2.53. The molecule has 1 heterocycles. The van der Waals surface area contributed by atoms with Gasteiger partial charge in [-0.05, 0) is 41.8 Å². The van der Waals surface area contributed by atoms with Crippen LogP contribution in [0.15, 0.2) is 47.5 Å². The smallest absolute Gasteiger partial charge is 0.251 e. The molecule has 3 N–H and O–H groups in total. The molecule has 1 amide bonds. The first kappa shape index (κ1) is 26.7. The van der Waals surface area contributed by atoms with Crippen LogP contribution in [0.25, 0.3) is 0 Å². The molecule has 0 aromatic heterocycles. The summed E-state index contributed by atoms with van der Waals surface area (Å²) in [5, 5.41) is 9.51. The van der Waals surface area contributed by atoms with E-state index in [0.29, 0.717) is 18.2 Å². The third-order valence-corrected chi connectivity index (χ3v) is 5.53. The van der Waals surface area contributed by atoms with E-state index in [2.05, 4.69) is 38.0 Å². The van der Waals surface area contributed by atoms with Gasteiger partial charge in [0.15, 0.2) is 5.96 Å². The monoisotopic (exact) mass is 567 g/mol.